The van der Waals surface area contributed by atoms with Gasteiger partial charge in [0.05, 0.1) is 20.3 Å². The molecular formula is C12H20N2O4S. The number of nitrogens with two attached hydrogens (primary N) is 1. The highest BCUT2D eigenvalue weighted by atomic mass is 32.1. The van der Waals surface area contributed by atoms with E-state index in [2.05, 4.69) is 5.32 Å². The minimum absolute atomic E-state index is 0.0759. The van der Waals surface area contributed by atoms with Crippen LogP contribution in [-0.4, -0.2) is 39.4 Å². The van der Waals surface area contributed by atoms with E-state index in [0.29, 0.717) is 34.5 Å². The van der Waals surface area contributed by atoms with E-state index in [1.165, 1.54) is 18.4 Å². The molecule has 3 N–H and O–H groups in total. The van der Waals surface area contributed by atoms with Crippen LogP contribution < -0.4 is 15.8 Å². The van der Waals surface area contributed by atoms with Crippen molar-refractivity contribution in [3.05, 3.63) is 4.88 Å². The largest absolute Gasteiger partial charge is 0.492 e. The van der Waals surface area contributed by atoms with Gasteiger partial charge in [0.25, 0.3) is 0 Å². The van der Waals surface area contributed by atoms with Gasteiger partial charge in [0.2, 0.25) is 0 Å². The Morgan fingerprint density at radius 3 is 2.68 bits per heavy atom. The molecule has 1 unspecified atom stereocenters. The summed E-state index contributed by atoms with van der Waals surface area (Å²) in [5.41, 5.74) is 6.21. The first kappa shape index (κ1) is 15.6. The third-order valence-electron chi connectivity index (χ3n) is 2.36. The van der Waals surface area contributed by atoms with E-state index in [9.17, 15) is 4.79 Å². The predicted octanol–water partition coefficient (Wildman–Crippen LogP) is 1.96. The summed E-state index contributed by atoms with van der Waals surface area (Å²) >= 11 is 1.22. The first-order valence-corrected chi connectivity index (χ1v) is 6.75. The number of esters is 1. The van der Waals surface area contributed by atoms with Crippen LogP contribution in [0, 0.1) is 0 Å². The van der Waals surface area contributed by atoms with Gasteiger partial charge in [-0.3, -0.25) is 0 Å². The van der Waals surface area contributed by atoms with Crippen LogP contribution in [0.3, 0.4) is 0 Å². The maximum Gasteiger partial charge on any atom is 0.350 e. The van der Waals surface area contributed by atoms with Crippen LogP contribution in [0.5, 0.6) is 5.75 Å². The molecule has 0 aliphatic heterocycles. The summed E-state index contributed by atoms with van der Waals surface area (Å²) in [5.74, 6) is 0.0340. The van der Waals surface area contributed by atoms with Crippen molar-refractivity contribution in [2.45, 2.75) is 19.9 Å². The Kier molecular flexibility index (Phi) is 5.91. The van der Waals surface area contributed by atoms with E-state index < -0.39 is 5.97 Å². The van der Waals surface area contributed by atoms with Crippen molar-refractivity contribution >= 4 is 28.0 Å². The fourth-order valence-electron chi connectivity index (χ4n) is 1.59. The number of carbonyl (C=O) groups excluding carboxylic acids is 1. The molecule has 19 heavy (non-hydrogen) atoms. The second kappa shape index (κ2) is 7.20. The van der Waals surface area contributed by atoms with E-state index in [1.54, 1.807) is 14.0 Å². The van der Waals surface area contributed by atoms with Gasteiger partial charge in [0.1, 0.15) is 15.6 Å². The van der Waals surface area contributed by atoms with Gasteiger partial charge in [0, 0.05) is 13.2 Å². The molecule has 1 heterocycles. The number of methoxy groups -OCH3 is 2. The summed E-state index contributed by atoms with van der Waals surface area (Å²) in [6.07, 6.45) is 0. The molecule has 1 rings (SSSR count). The lowest BCUT2D eigenvalue weighted by molar-refractivity contribution is 0.0533. The zero-order valence-corrected chi connectivity index (χ0v) is 12.4. The Morgan fingerprint density at radius 1 is 1.47 bits per heavy atom. The van der Waals surface area contributed by atoms with Crippen LogP contribution in [0.4, 0.5) is 10.7 Å². The molecule has 108 valence electrons. The first-order chi connectivity index (χ1) is 9.04. The zero-order chi connectivity index (χ0) is 14.4. The SMILES string of the molecule is CCOC(=O)c1sc(NC(C)COC)c(OC)c1N. The van der Waals surface area contributed by atoms with Crippen molar-refractivity contribution in [3.63, 3.8) is 0 Å². The van der Waals surface area contributed by atoms with Gasteiger partial charge in [0.15, 0.2) is 5.75 Å². The van der Waals surface area contributed by atoms with E-state index >= 15 is 0 Å². The van der Waals surface area contributed by atoms with Crippen LogP contribution in [0.2, 0.25) is 0 Å². The molecule has 7 heteroatoms. The third kappa shape index (κ3) is 3.74. The van der Waals surface area contributed by atoms with Crippen molar-refractivity contribution < 1.29 is 19.0 Å². The van der Waals surface area contributed by atoms with Crippen LogP contribution in [0.1, 0.15) is 23.5 Å². The Morgan fingerprint density at radius 2 is 2.16 bits per heavy atom. The van der Waals surface area contributed by atoms with Crippen molar-refractivity contribution in [3.8, 4) is 5.75 Å². The molecule has 0 saturated carbocycles. The minimum Gasteiger partial charge on any atom is -0.492 e. The Hall–Kier alpha value is -1.47. The Balaban J connectivity index is 2.98. The Bertz CT molecular complexity index is 434. The van der Waals surface area contributed by atoms with Crippen molar-refractivity contribution in [2.24, 2.45) is 0 Å². The van der Waals surface area contributed by atoms with Crippen molar-refractivity contribution in [1.29, 1.82) is 0 Å². The van der Waals surface area contributed by atoms with Gasteiger partial charge in [-0.2, -0.15) is 0 Å². The number of thiophene rings is 1. The average Bonchev–Trinajstić information content (AvgIpc) is 2.66. The molecule has 0 fully saturated rings. The topological polar surface area (TPSA) is 82.8 Å². The predicted molar refractivity (Wildman–Crippen MR) is 76.2 cm³/mol. The molecule has 0 radical (unpaired) electrons. The number of nitrogen functional groups attached to an aromatic ring is 1. The highest BCUT2D eigenvalue weighted by molar-refractivity contribution is 7.19. The number of rotatable bonds is 7. The minimum atomic E-state index is -0.434. The van der Waals surface area contributed by atoms with Crippen molar-refractivity contribution in [1.82, 2.24) is 0 Å². The summed E-state index contributed by atoms with van der Waals surface area (Å²) in [4.78, 5) is 12.1. The van der Waals surface area contributed by atoms with Gasteiger partial charge in [-0.15, -0.1) is 11.3 Å². The lowest BCUT2D eigenvalue weighted by Crippen LogP contribution is -2.20. The molecule has 0 saturated heterocycles. The second-order valence-corrected chi connectivity index (χ2v) is 4.95. The normalized spacial score (nSPS) is 12.0. The molecule has 1 aromatic rings. The molecule has 0 amide bonds. The number of carbonyl (C=O) groups is 1. The molecule has 0 aromatic carbocycles. The van der Waals surface area contributed by atoms with Gasteiger partial charge in [-0.05, 0) is 13.8 Å². The molecule has 1 atom stereocenters. The lowest BCUT2D eigenvalue weighted by atomic mass is 10.3. The summed E-state index contributed by atoms with van der Waals surface area (Å²) in [6, 6.07) is 0.0759. The van der Waals surface area contributed by atoms with Crippen LogP contribution in [0.15, 0.2) is 0 Å². The van der Waals surface area contributed by atoms with E-state index in [-0.39, 0.29) is 6.04 Å². The van der Waals surface area contributed by atoms with Gasteiger partial charge in [-0.1, -0.05) is 0 Å². The Labute approximate surface area is 116 Å². The second-order valence-electron chi connectivity index (χ2n) is 3.93. The van der Waals surface area contributed by atoms with E-state index in [1.807, 2.05) is 6.92 Å². The number of hydrogen-bond donors (Lipinski definition) is 2. The molecule has 0 spiro atoms. The number of nitrogens with one attached hydrogen (secondary N) is 1. The summed E-state index contributed by atoms with van der Waals surface area (Å²) in [7, 11) is 3.14. The van der Waals surface area contributed by atoms with E-state index in [4.69, 9.17) is 19.9 Å². The zero-order valence-electron chi connectivity index (χ0n) is 11.6. The average molecular weight is 288 g/mol. The maximum atomic E-state index is 11.8. The molecule has 1 aromatic heterocycles. The van der Waals surface area contributed by atoms with Crippen molar-refractivity contribution in [2.75, 3.05) is 38.5 Å². The molecule has 0 aliphatic carbocycles. The van der Waals surface area contributed by atoms with Gasteiger partial charge >= 0.3 is 5.97 Å². The van der Waals surface area contributed by atoms with Gasteiger partial charge in [-0.25, -0.2) is 4.79 Å². The maximum absolute atomic E-state index is 11.8. The van der Waals surface area contributed by atoms with Crippen LogP contribution in [0.25, 0.3) is 0 Å². The summed E-state index contributed by atoms with van der Waals surface area (Å²) < 4.78 is 15.2. The van der Waals surface area contributed by atoms with Crippen LogP contribution >= 0.6 is 11.3 Å². The molecule has 6 nitrogen and oxygen atoms in total. The van der Waals surface area contributed by atoms with E-state index in [0.717, 1.165) is 0 Å². The summed E-state index contributed by atoms with van der Waals surface area (Å²) in [6.45, 7) is 4.55. The highest BCUT2D eigenvalue weighted by Gasteiger charge is 2.23. The quantitative estimate of drug-likeness (QED) is 0.746. The summed E-state index contributed by atoms with van der Waals surface area (Å²) in [5, 5.41) is 3.90. The highest BCUT2D eigenvalue weighted by Crippen LogP contribution is 2.43. The first-order valence-electron chi connectivity index (χ1n) is 5.93. The molecule has 0 aliphatic rings. The number of hydrogen-bond acceptors (Lipinski definition) is 7. The fraction of sp³-hybridized carbons (Fsp3) is 0.583. The number of ether oxygens (including phenoxy) is 3. The monoisotopic (exact) mass is 288 g/mol. The van der Waals surface area contributed by atoms with Crippen LogP contribution in [-0.2, 0) is 9.47 Å². The molecule has 0 bridgehead atoms. The standard InChI is InChI=1S/C12H20N2O4S/c1-5-18-12(15)10-8(13)9(17-4)11(19-10)14-7(2)6-16-3/h7,14H,5-6,13H2,1-4H3. The van der Waals surface area contributed by atoms with Gasteiger partial charge < -0.3 is 25.3 Å². The third-order valence-corrected chi connectivity index (χ3v) is 3.46. The fourth-order valence-corrected chi connectivity index (χ4v) is 2.69. The molecular weight excluding hydrogens is 268 g/mol. The lowest BCUT2D eigenvalue weighted by Gasteiger charge is -2.13. The number of anilines is 2. The smallest absolute Gasteiger partial charge is 0.350 e.